The lowest BCUT2D eigenvalue weighted by atomic mass is 10.1. The maximum Gasteiger partial charge on any atom is 0.275 e. The first-order valence-electron chi connectivity index (χ1n) is 6.85. The molecule has 0 aromatic heterocycles. The molecule has 9 nitrogen and oxygen atoms in total. The molecule has 2 aromatic rings. The molecule has 1 amide bonds. The summed E-state index contributed by atoms with van der Waals surface area (Å²) in [5, 5.41) is 24.2. The molecular formula is C15H10BrN3O6. The standard InChI is InChI=1S/C15H10BrN3O6/c16-11-5-14-13(24-7-25-14)3-8(11)6-17-18-15(21)10-4-9(19(22)23)1-2-12(10)20/h1-6,20H,7H2,(H,18,21)/b17-6-. The van der Waals surface area contributed by atoms with Crippen LogP contribution in [0.1, 0.15) is 15.9 Å². The van der Waals surface area contributed by atoms with Gasteiger partial charge in [-0.15, -0.1) is 0 Å². The lowest BCUT2D eigenvalue weighted by molar-refractivity contribution is -0.384. The van der Waals surface area contributed by atoms with Gasteiger partial charge in [0.1, 0.15) is 5.75 Å². The van der Waals surface area contributed by atoms with Crippen LogP contribution in [0, 0.1) is 10.1 Å². The number of carbonyl (C=O) groups excluding carboxylic acids is 1. The number of aromatic hydroxyl groups is 1. The first-order chi connectivity index (χ1) is 12.0. The molecule has 0 saturated heterocycles. The number of nitro benzene ring substituents is 1. The topological polar surface area (TPSA) is 123 Å². The third-order valence-electron chi connectivity index (χ3n) is 3.30. The number of hydrogen-bond donors (Lipinski definition) is 2. The van der Waals surface area contributed by atoms with Gasteiger partial charge >= 0.3 is 0 Å². The average molecular weight is 408 g/mol. The molecule has 0 fully saturated rings. The number of nitro groups is 1. The number of amides is 1. The Balaban J connectivity index is 1.76. The maximum absolute atomic E-state index is 12.0. The lowest BCUT2D eigenvalue weighted by Gasteiger charge is -2.04. The number of phenols is 1. The van der Waals surface area contributed by atoms with Crippen LogP contribution in [0.5, 0.6) is 17.2 Å². The molecule has 0 atom stereocenters. The summed E-state index contributed by atoms with van der Waals surface area (Å²) >= 11 is 3.34. The second-order valence-corrected chi connectivity index (χ2v) is 5.74. The zero-order valence-electron chi connectivity index (χ0n) is 12.4. The van der Waals surface area contributed by atoms with Gasteiger partial charge < -0.3 is 14.6 Å². The Kier molecular flexibility index (Phi) is 4.52. The fourth-order valence-electron chi connectivity index (χ4n) is 2.07. The van der Waals surface area contributed by atoms with Crippen molar-refractivity contribution in [1.29, 1.82) is 0 Å². The molecule has 1 aliphatic rings. The Labute approximate surface area is 149 Å². The molecule has 128 valence electrons. The van der Waals surface area contributed by atoms with Crippen LogP contribution in [0.15, 0.2) is 39.9 Å². The van der Waals surface area contributed by atoms with E-state index < -0.39 is 10.8 Å². The van der Waals surface area contributed by atoms with E-state index in [0.717, 1.165) is 18.2 Å². The predicted molar refractivity (Wildman–Crippen MR) is 90.1 cm³/mol. The van der Waals surface area contributed by atoms with E-state index in [9.17, 15) is 20.0 Å². The van der Waals surface area contributed by atoms with Gasteiger partial charge in [-0.2, -0.15) is 5.10 Å². The van der Waals surface area contributed by atoms with E-state index in [-0.39, 0.29) is 23.8 Å². The minimum Gasteiger partial charge on any atom is -0.507 e. The van der Waals surface area contributed by atoms with Gasteiger partial charge in [0.15, 0.2) is 11.5 Å². The van der Waals surface area contributed by atoms with Crippen molar-refractivity contribution in [2.24, 2.45) is 5.10 Å². The quantitative estimate of drug-likeness (QED) is 0.455. The minimum absolute atomic E-state index is 0.130. The molecule has 0 unspecified atom stereocenters. The third kappa shape index (κ3) is 3.53. The fraction of sp³-hybridized carbons (Fsp3) is 0.0667. The van der Waals surface area contributed by atoms with E-state index in [2.05, 4.69) is 26.5 Å². The summed E-state index contributed by atoms with van der Waals surface area (Å²) in [5.41, 5.74) is 2.25. The molecule has 1 heterocycles. The van der Waals surface area contributed by atoms with Gasteiger partial charge in [-0.1, -0.05) is 0 Å². The first-order valence-corrected chi connectivity index (χ1v) is 7.65. The van der Waals surface area contributed by atoms with E-state index in [1.54, 1.807) is 12.1 Å². The molecule has 0 bridgehead atoms. The minimum atomic E-state index is -0.783. The van der Waals surface area contributed by atoms with Crippen LogP contribution in [0.2, 0.25) is 0 Å². The second kappa shape index (κ2) is 6.77. The van der Waals surface area contributed by atoms with Crippen LogP contribution in [-0.4, -0.2) is 28.9 Å². The van der Waals surface area contributed by atoms with Crippen molar-refractivity contribution in [2.45, 2.75) is 0 Å². The number of fused-ring (bicyclic) bond motifs is 1. The van der Waals surface area contributed by atoms with Gasteiger partial charge in [0, 0.05) is 22.2 Å². The number of halogens is 1. The molecule has 0 spiro atoms. The Morgan fingerprint density at radius 1 is 1.32 bits per heavy atom. The number of nitrogens with one attached hydrogen (secondary N) is 1. The van der Waals surface area contributed by atoms with Crippen molar-refractivity contribution < 1.29 is 24.3 Å². The lowest BCUT2D eigenvalue weighted by Crippen LogP contribution is -2.18. The summed E-state index contributed by atoms with van der Waals surface area (Å²) < 4.78 is 11.2. The van der Waals surface area contributed by atoms with Gasteiger partial charge in [-0.3, -0.25) is 14.9 Å². The number of carbonyl (C=O) groups is 1. The van der Waals surface area contributed by atoms with Gasteiger partial charge in [0.25, 0.3) is 11.6 Å². The summed E-state index contributed by atoms with van der Waals surface area (Å²) in [6, 6.07) is 6.52. The molecule has 0 radical (unpaired) electrons. The average Bonchev–Trinajstić information content (AvgIpc) is 3.02. The number of rotatable bonds is 4. The van der Waals surface area contributed by atoms with Crippen molar-refractivity contribution in [3.8, 4) is 17.2 Å². The number of hydrazone groups is 1. The zero-order chi connectivity index (χ0) is 18.0. The highest BCUT2D eigenvalue weighted by molar-refractivity contribution is 9.10. The van der Waals surface area contributed by atoms with E-state index in [0.29, 0.717) is 21.5 Å². The van der Waals surface area contributed by atoms with Gasteiger partial charge in [-0.05, 0) is 34.1 Å². The van der Waals surface area contributed by atoms with Crippen LogP contribution in [-0.2, 0) is 0 Å². The van der Waals surface area contributed by atoms with E-state index in [1.165, 1.54) is 6.21 Å². The van der Waals surface area contributed by atoms with Crippen molar-refractivity contribution in [3.63, 3.8) is 0 Å². The van der Waals surface area contributed by atoms with Crippen molar-refractivity contribution in [2.75, 3.05) is 6.79 Å². The monoisotopic (exact) mass is 407 g/mol. The van der Waals surface area contributed by atoms with E-state index in [4.69, 9.17) is 9.47 Å². The number of hydrogen-bond acceptors (Lipinski definition) is 7. The number of ether oxygens (including phenoxy) is 2. The van der Waals surface area contributed by atoms with Crippen molar-refractivity contribution in [1.82, 2.24) is 5.43 Å². The van der Waals surface area contributed by atoms with Crippen LogP contribution >= 0.6 is 15.9 Å². The van der Waals surface area contributed by atoms with Crippen molar-refractivity contribution in [3.05, 3.63) is 56.0 Å². The van der Waals surface area contributed by atoms with Crippen LogP contribution in [0.25, 0.3) is 0 Å². The molecule has 0 saturated carbocycles. The summed E-state index contributed by atoms with van der Waals surface area (Å²) in [4.78, 5) is 22.1. The van der Waals surface area contributed by atoms with E-state index in [1.807, 2.05) is 0 Å². The molecule has 3 rings (SSSR count). The summed E-state index contributed by atoms with van der Waals surface area (Å²) in [7, 11) is 0. The van der Waals surface area contributed by atoms with Gasteiger partial charge in [0.05, 0.1) is 16.7 Å². The Morgan fingerprint density at radius 3 is 2.76 bits per heavy atom. The second-order valence-electron chi connectivity index (χ2n) is 4.88. The maximum atomic E-state index is 12.0. The normalized spacial score (nSPS) is 12.4. The molecule has 1 aliphatic heterocycles. The van der Waals surface area contributed by atoms with Gasteiger partial charge in [-0.25, -0.2) is 5.43 Å². The summed E-state index contributed by atoms with van der Waals surface area (Å²) in [6.07, 6.45) is 1.36. The zero-order valence-corrected chi connectivity index (χ0v) is 14.0. The molecule has 2 N–H and O–H groups in total. The number of non-ortho nitro benzene ring substituents is 1. The highest BCUT2D eigenvalue weighted by Gasteiger charge is 2.17. The van der Waals surface area contributed by atoms with Crippen LogP contribution in [0.4, 0.5) is 5.69 Å². The Hall–Kier alpha value is -3.14. The number of nitrogens with zero attached hydrogens (tertiary/aromatic N) is 2. The highest BCUT2D eigenvalue weighted by Crippen LogP contribution is 2.36. The van der Waals surface area contributed by atoms with Crippen LogP contribution in [0.3, 0.4) is 0 Å². The Morgan fingerprint density at radius 2 is 2.04 bits per heavy atom. The number of benzene rings is 2. The SMILES string of the molecule is O=C(N/N=C\c1cc2c(cc1Br)OCO2)c1cc([N+](=O)[O-])ccc1O. The molecule has 10 heteroatoms. The molecular weight excluding hydrogens is 398 g/mol. The summed E-state index contributed by atoms with van der Waals surface area (Å²) in [6.45, 7) is 0.130. The largest absolute Gasteiger partial charge is 0.507 e. The van der Waals surface area contributed by atoms with E-state index >= 15 is 0 Å². The third-order valence-corrected chi connectivity index (χ3v) is 3.98. The predicted octanol–water partition coefficient (Wildman–Crippen LogP) is 2.56. The van der Waals surface area contributed by atoms with Gasteiger partial charge in [0.2, 0.25) is 6.79 Å². The van der Waals surface area contributed by atoms with Crippen LogP contribution < -0.4 is 14.9 Å². The van der Waals surface area contributed by atoms with Crippen molar-refractivity contribution >= 4 is 33.7 Å². The molecule has 25 heavy (non-hydrogen) atoms. The smallest absolute Gasteiger partial charge is 0.275 e. The molecule has 0 aliphatic carbocycles. The highest BCUT2D eigenvalue weighted by atomic mass is 79.9. The number of phenolic OH excluding ortho intramolecular Hbond substituents is 1. The summed E-state index contributed by atoms with van der Waals surface area (Å²) in [5.74, 6) is -0.0289. The fourth-order valence-corrected chi connectivity index (χ4v) is 2.50. The first kappa shape index (κ1) is 16.7. The molecule has 2 aromatic carbocycles. The Bertz CT molecular complexity index is 899.